The third kappa shape index (κ3) is 3.75. The number of aryl methyl sites for hydroxylation is 1. The van der Waals surface area contributed by atoms with Crippen LogP contribution in [-0.2, 0) is 11.2 Å². The Morgan fingerprint density at radius 3 is 2.72 bits per heavy atom. The summed E-state index contributed by atoms with van der Waals surface area (Å²) in [5.74, 6) is 0.250. The number of aromatic nitrogens is 1. The van der Waals surface area contributed by atoms with E-state index in [1.54, 1.807) is 18.3 Å². The smallest absolute Gasteiger partial charge is 0.129 e. The van der Waals surface area contributed by atoms with Gasteiger partial charge in [0.05, 0.1) is 10.7 Å². The van der Waals surface area contributed by atoms with Gasteiger partial charge in [0, 0.05) is 21.8 Å². The minimum absolute atomic E-state index is 0.250. The van der Waals surface area contributed by atoms with E-state index in [9.17, 15) is 4.79 Å². The number of benzene rings is 1. The van der Waals surface area contributed by atoms with Crippen LogP contribution in [0.15, 0.2) is 34.1 Å². The van der Waals surface area contributed by atoms with E-state index in [1.807, 2.05) is 12.1 Å². The van der Waals surface area contributed by atoms with E-state index in [-0.39, 0.29) is 5.78 Å². The van der Waals surface area contributed by atoms with Gasteiger partial charge in [-0.25, -0.2) is 4.98 Å². The first-order valence-corrected chi connectivity index (χ1v) is 7.52. The SMILES string of the molecule is CC(=O)CCCc1nc(-c2ccc(Br)cc2)cs1. The lowest BCUT2D eigenvalue weighted by Gasteiger charge is -1.97. The number of carbonyl (C=O) groups excluding carboxylic acids is 1. The quantitative estimate of drug-likeness (QED) is 0.811. The molecule has 2 rings (SSSR count). The molecule has 0 amide bonds. The largest absolute Gasteiger partial charge is 0.300 e. The molecule has 1 aromatic carbocycles. The molecular formula is C14H14BrNOS. The summed E-state index contributed by atoms with van der Waals surface area (Å²) < 4.78 is 1.07. The van der Waals surface area contributed by atoms with E-state index < -0.39 is 0 Å². The Labute approximate surface area is 119 Å². The maximum atomic E-state index is 10.9. The average Bonchev–Trinajstić information content (AvgIpc) is 2.78. The van der Waals surface area contributed by atoms with Gasteiger partial charge in [-0.1, -0.05) is 28.1 Å². The lowest BCUT2D eigenvalue weighted by molar-refractivity contribution is -0.117. The number of thiazole rings is 1. The molecule has 0 fully saturated rings. The van der Waals surface area contributed by atoms with Crippen LogP contribution in [0.4, 0.5) is 0 Å². The molecule has 18 heavy (non-hydrogen) atoms. The molecule has 1 aromatic heterocycles. The van der Waals surface area contributed by atoms with E-state index in [2.05, 4.69) is 38.4 Å². The fourth-order valence-corrected chi connectivity index (χ4v) is 2.78. The number of carbonyl (C=O) groups is 1. The molecule has 0 bridgehead atoms. The second kappa shape index (κ2) is 6.25. The lowest BCUT2D eigenvalue weighted by atomic mass is 10.2. The van der Waals surface area contributed by atoms with E-state index in [4.69, 9.17) is 0 Å². The van der Waals surface area contributed by atoms with E-state index in [0.29, 0.717) is 6.42 Å². The van der Waals surface area contributed by atoms with Gasteiger partial charge in [0.15, 0.2) is 0 Å². The molecule has 0 saturated heterocycles. The maximum Gasteiger partial charge on any atom is 0.129 e. The summed E-state index contributed by atoms with van der Waals surface area (Å²) in [7, 11) is 0. The van der Waals surface area contributed by atoms with Crippen LogP contribution in [-0.4, -0.2) is 10.8 Å². The summed E-state index contributed by atoms with van der Waals surface area (Å²) in [6.45, 7) is 1.63. The summed E-state index contributed by atoms with van der Waals surface area (Å²) in [4.78, 5) is 15.5. The van der Waals surface area contributed by atoms with Gasteiger partial charge < -0.3 is 4.79 Å². The first kappa shape index (κ1) is 13.4. The average molecular weight is 324 g/mol. The standard InChI is InChI=1S/C14H14BrNOS/c1-10(17)3-2-4-14-16-13(9-18-14)11-5-7-12(15)8-6-11/h5-9H,2-4H2,1H3. The third-order valence-corrected chi connectivity index (χ3v) is 4.05. The molecule has 0 N–H and O–H groups in total. The minimum atomic E-state index is 0.250. The minimum Gasteiger partial charge on any atom is -0.300 e. The lowest BCUT2D eigenvalue weighted by Crippen LogP contribution is -1.92. The number of nitrogens with zero attached hydrogens (tertiary/aromatic N) is 1. The van der Waals surface area contributed by atoms with Crippen LogP contribution in [0.5, 0.6) is 0 Å². The number of ketones is 1. The van der Waals surface area contributed by atoms with Gasteiger partial charge in [0.2, 0.25) is 0 Å². The van der Waals surface area contributed by atoms with E-state index in [0.717, 1.165) is 33.6 Å². The maximum absolute atomic E-state index is 10.9. The van der Waals surface area contributed by atoms with Gasteiger partial charge in [0.1, 0.15) is 5.78 Å². The van der Waals surface area contributed by atoms with Crippen LogP contribution < -0.4 is 0 Å². The summed E-state index contributed by atoms with van der Waals surface area (Å²) >= 11 is 5.09. The highest BCUT2D eigenvalue weighted by Gasteiger charge is 2.05. The Kier molecular flexibility index (Phi) is 4.66. The van der Waals surface area contributed by atoms with Crippen LogP contribution in [0.25, 0.3) is 11.3 Å². The van der Waals surface area contributed by atoms with Crippen LogP contribution in [0.2, 0.25) is 0 Å². The molecule has 0 aliphatic rings. The van der Waals surface area contributed by atoms with Gasteiger partial charge >= 0.3 is 0 Å². The molecule has 0 unspecified atom stereocenters. The fraction of sp³-hybridized carbons (Fsp3) is 0.286. The molecule has 94 valence electrons. The van der Waals surface area contributed by atoms with E-state index >= 15 is 0 Å². The molecule has 0 radical (unpaired) electrons. The summed E-state index contributed by atoms with van der Waals surface area (Å²) in [6, 6.07) is 8.14. The number of rotatable bonds is 5. The molecule has 0 atom stereocenters. The summed E-state index contributed by atoms with van der Waals surface area (Å²) in [6.07, 6.45) is 2.43. The third-order valence-electron chi connectivity index (χ3n) is 2.61. The molecule has 4 heteroatoms. The Morgan fingerprint density at radius 1 is 1.33 bits per heavy atom. The van der Waals surface area contributed by atoms with Crippen molar-refractivity contribution in [3.8, 4) is 11.3 Å². The zero-order valence-electron chi connectivity index (χ0n) is 10.1. The number of hydrogen-bond acceptors (Lipinski definition) is 3. The molecule has 2 nitrogen and oxygen atoms in total. The van der Waals surface area contributed by atoms with Crippen molar-refractivity contribution in [1.29, 1.82) is 0 Å². The molecule has 0 aliphatic heterocycles. The van der Waals surface area contributed by atoms with Gasteiger partial charge in [0.25, 0.3) is 0 Å². The monoisotopic (exact) mass is 323 g/mol. The topological polar surface area (TPSA) is 30.0 Å². The van der Waals surface area contributed by atoms with Crippen molar-refractivity contribution in [2.24, 2.45) is 0 Å². The van der Waals surface area contributed by atoms with Gasteiger partial charge in [-0.15, -0.1) is 11.3 Å². The van der Waals surface area contributed by atoms with Gasteiger partial charge in [-0.2, -0.15) is 0 Å². The van der Waals surface area contributed by atoms with E-state index in [1.165, 1.54) is 0 Å². The van der Waals surface area contributed by atoms with Crippen molar-refractivity contribution in [3.05, 3.63) is 39.1 Å². The second-order valence-electron chi connectivity index (χ2n) is 4.19. The normalized spacial score (nSPS) is 10.6. The Morgan fingerprint density at radius 2 is 2.06 bits per heavy atom. The number of halogens is 1. The zero-order chi connectivity index (χ0) is 13.0. The summed E-state index contributed by atoms with van der Waals surface area (Å²) in [5, 5.41) is 3.18. The van der Waals surface area contributed by atoms with Crippen molar-refractivity contribution in [3.63, 3.8) is 0 Å². The molecule has 0 spiro atoms. The Bertz CT molecular complexity index is 533. The van der Waals surface area contributed by atoms with Crippen molar-refractivity contribution in [2.75, 3.05) is 0 Å². The first-order valence-electron chi connectivity index (χ1n) is 5.85. The fourth-order valence-electron chi connectivity index (χ4n) is 1.67. The summed E-state index contributed by atoms with van der Waals surface area (Å²) in [5.41, 5.74) is 2.15. The van der Waals surface area contributed by atoms with Crippen LogP contribution in [0, 0.1) is 0 Å². The Balaban J connectivity index is 2.01. The highest BCUT2D eigenvalue weighted by Crippen LogP contribution is 2.24. The zero-order valence-corrected chi connectivity index (χ0v) is 12.6. The predicted octanol–water partition coefficient (Wildman–Crippen LogP) is 4.48. The number of Topliss-reactive ketones (excluding diaryl/α,β-unsaturated/α-hetero) is 1. The molecule has 1 heterocycles. The molecule has 0 aliphatic carbocycles. The van der Waals surface area contributed by atoms with Crippen LogP contribution in [0.1, 0.15) is 24.8 Å². The van der Waals surface area contributed by atoms with Crippen molar-refractivity contribution >= 4 is 33.0 Å². The molecule has 0 saturated carbocycles. The van der Waals surface area contributed by atoms with Crippen molar-refractivity contribution in [2.45, 2.75) is 26.2 Å². The van der Waals surface area contributed by atoms with Gasteiger partial charge in [-0.3, -0.25) is 0 Å². The van der Waals surface area contributed by atoms with Crippen LogP contribution in [0.3, 0.4) is 0 Å². The van der Waals surface area contributed by atoms with Gasteiger partial charge in [-0.05, 0) is 31.9 Å². The Hall–Kier alpha value is -1.00. The van der Waals surface area contributed by atoms with Crippen molar-refractivity contribution in [1.82, 2.24) is 4.98 Å². The van der Waals surface area contributed by atoms with Crippen LogP contribution >= 0.6 is 27.3 Å². The number of hydrogen-bond donors (Lipinski definition) is 0. The van der Waals surface area contributed by atoms with Crippen molar-refractivity contribution < 1.29 is 4.79 Å². The second-order valence-corrected chi connectivity index (χ2v) is 6.05. The first-order chi connectivity index (χ1) is 8.65. The highest BCUT2D eigenvalue weighted by molar-refractivity contribution is 9.10. The predicted molar refractivity (Wildman–Crippen MR) is 78.9 cm³/mol. The molecule has 2 aromatic rings. The molecular weight excluding hydrogens is 310 g/mol. The highest BCUT2D eigenvalue weighted by atomic mass is 79.9.